The molecular formula is C25H29F3N4O3. The molecule has 2 aliphatic rings. The van der Waals surface area contributed by atoms with E-state index in [9.17, 15) is 22.8 Å². The van der Waals surface area contributed by atoms with E-state index in [4.69, 9.17) is 0 Å². The van der Waals surface area contributed by atoms with Gasteiger partial charge in [-0.1, -0.05) is 0 Å². The zero-order valence-corrected chi connectivity index (χ0v) is 20.1. The average molecular weight is 491 g/mol. The van der Waals surface area contributed by atoms with E-state index in [1.807, 2.05) is 27.7 Å². The van der Waals surface area contributed by atoms with Crippen molar-refractivity contribution in [2.24, 2.45) is 5.92 Å². The molecule has 1 aromatic carbocycles. The molecule has 10 heteroatoms. The SMILES string of the molecule is CC(C)N1C=CC(NC(=O)[C@@H]2CCc3c(-c4cc(OC(F)F)ccc4F)nn(C(C)C)c3C2)C1=O. The Balaban J connectivity index is 1.59. The molecule has 0 saturated heterocycles. The third-order valence-electron chi connectivity index (χ3n) is 6.39. The van der Waals surface area contributed by atoms with Crippen LogP contribution in [0.25, 0.3) is 11.3 Å². The van der Waals surface area contributed by atoms with Crippen molar-refractivity contribution in [3.05, 3.63) is 47.5 Å². The highest BCUT2D eigenvalue weighted by Gasteiger charge is 2.35. The second-order valence-electron chi connectivity index (χ2n) is 9.44. The fourth-order valence-corrected chi connectivity index (χ4v) is 4.67. The second-order valence-corrected chi connectivity index (χ2v) is 9.44. The van der Waals surface area contributed by atoms with Crippen LogP contribution in [-0.2, 0) is 22.4 Å². The van der Waals surface area contributed by atoms with Gasteiger partial charge in [0.05, 0.1) is 5.69 Å². The van der Waals surface area contributed by atoms with Gasteiger partial charge in [-0.05, 0) is 64.8 Å². The summed E-state index contributed by atoms with van der Waals surface area (Å²) in [6.45, 7) is 4.63. The molecule has 0 bridgehead atoms. The predicted octanol–water partition coefficient (Wildman–Crippen LogP) is 4.23. The van der Waals surface area contributed by atoms with Crippen LogP contribution in [0.5, 0.6) is 5.75 Å². The van der Waals surface area contributed by atoms with Gasteiger partial charge in [-0.15, -0.1) is 0 Å². The number of fused-ring (bicyclic) bond motifs is 1. The number of benzene rings is 1. The number of ether oxygens (including phenoxy) is 1. The average Bonchev–Trinajstić information content (AvgIpc) is 3.35. The van der Waals surface area contributed by atoms with Gasteiger partial charge >= 0.3 is 6.61 Å². The molecule has 0 spiro atoms. The zero-order valence-electron chi connectivity index (χ0n) is 20.1. The van der Waals surface area contributed by atoms with Gasteiger partial charge in [0.1, 0.15) is 17.6 Å². The number of nitrogens with zero attached hydrogens (tertiary/aromatic N) is 3. The number of rotatable bonds is 7. The summed E-state index contributed by atoms with van der Waals surface area (Å²) in [7, 11) is 0. The van der Waals surface area contributed by atoms with Gasteiger partial charge in [0, 0.05) is 47.4 Å². The smallest absolute Gasteiger partial charge is 0.387 e. The van der Waals surface area contributed by atoms with E-state index in [-0.39, 0.29) is 41.1 Å². The lowest BCUT2D eigenvalue weighted by Crippen LogP contribution is -2.46. The molecule has 2 aromatic rings. The van der Waals surface area contributed by atoms with Crippen LogP contribution in [0, 0.1) is 11.7 Å². The number of alkyl halides is 2. The lowest BCUT2D eigenvalue weighted by atomic mass is 9.85. The highest BCUT2D eigenvalue weighted by molar-refractivity contribution is 5.92. The van der Waals surface area contributed by atoms with Crippen LogP contribution >= 0.6 is 0 Å². The van der Waals surface area contributed by atoms with Gasteiger partial charge in [0.15, 0.2) is 0 Å². The maximum atomic E-state index is 14.7. The number of halogens is 3. The maximum Gasteiger partial charge on any atom is 0.387 e. The monoisotopic (exact) mass is 490 g/mol. The third-order valence-corrected chi connectivity index (χ3v) is 6.39. The molecule has 4 rings (SSSR count). The molecule has 1 aliphatic heterocycles. The highest BCUT2D eigenvalue weighted by atomic mass is 19.3. The first kappa shape index (κ1) is 24.8. The first-order valence-electron chi connectivity index (χ1n) is 11.7. The Hall–Kier alpha value is -3.30. The van der Waals surface area contributed by atoms with Crippen molar-refractivity contribution < 1.29 is 27.5 Å². The highest BCUT2D eigenvalue weighted by Crippen LogP contribution is 2.37. The summed E-state index contributed by atoms with van der Waals surface area (Å²) in [5.74, 6) is -1.51. The largest absolute Gasteiger partial charge is 0.435 e. The lowest BCUT2D eigenvalue weighted by molar-refractivity contribution is -0.134. The van der Waals surface area contributed by atoms with Crippen LogP contribution in [-0.4, -0.2) is 45.2 Å². The van der Waals surface area contributed by atoms with Crippen molar-refractivity contribution in [3.63, 3.8) is 0 Å². The Labute approximate surface area is 201 Å². The zero-order chi connectivity index (χ0) is 25.4. The molecule has 188 valence electrons. The van der Waals surface area contributed by atoms with E-state index in [2.05, 4.69) is 15.2 Å². The molecular weight excluding hydrogens is 461 g/mol. The van der Waals surface area contributed by atoms with Gasteiger partial charge < -0.3 is 15.0 Å². The van der Waals surface area contributed by atoms with Crippen molar-refractivity contribution in [1.29, 1.82) is 0 Å². The van der Waals surface area contributed by atoms with Crippen LogP contribution < -0.4 is 10.1 Å². The number of hydrogen-bond acceptors (Lipinski definition) is 4. The summed E-state index contributed by atoms with van der Waals surface area (Å²) in [6, 6.07) is 2.70. The Kier molecular flexibility index (Phi) is 6.91. The van der Waals surface area contributed by atoms with E-state index in [1.54, 1.807) is 21.9 Å². The lowest BCUT2D eigenvalue weighted by Gasteiger charge is -2.25. The number of hydrogen-bond donors (Lipinski definition) is 1. The van der Waals surface area contributed by atoms with Crippen LogP contribution in [0.3, 0.4) is 0 Å². The van der Waals surface area contributed by atoms with Crippen LogP contribution in [0.15, 0.2) is 30.5 Å². The van der Waals surface area contributed by atoms with Gasteiger partial charge in [-0.3, -0.25) is 14.3 Å². The van der Waals surface area contributed by atoms with Crippen molar-refractivity contribution >= 4 is 11.8 Å². The summed E-state index contributed by atoms with van der Waals surface area (Å²) >= 11 is 0. The Morgan fingerprint density at radius 1 is 1.20 bits per heavy atom. The minimum Gasteiger partial charge on any atom is -0.435 e. The Morgan fingerprint density at radius 3 is 2.57 bits per heavy atom. The van der Waals surface area contributed by atoms with Crippen LogP contribution in [0.2, 0.25) is 0 Å². The topological polar surface area (TPSA) is 76.5 Å². The molecule has 1 aromatic heterocycles. The van der Waals surface area contributed by atoms with Gasteiger partial charge in [0.2, 0.25) is 5.91 Å². The maximum absolute atomic E-state index is 14.7. The molecule has 1 aliphatic carbocycles. The summed E-state index contributed by atoms with van der Waals surface area (Å²) in [5.41, 5.74) is 2.04. The number of amides is 2. The Morgan fingerprint density at radius 2 is 1.94 bits per heavy atom. The predicted molar refractivity (Wildman–Crippen MR) is 123 cm³/mol. The van der Waals surface area contributed by atoms with Crippen molar-refractivity contribution in [3.8, 4) is 17.0 Å². The standard InChI is InChI=1S/C25H29F3N4O3/c1-13(2)31-10-9-20(24(31)34)29-23(33)15-5-7-17-21(11-15)32(14(3)4)30-22(17)18-12-16(35-25(27)28)6-8-19(18)26/h6,8-10,12-15,20,25H,5,7,11H2,1-4H3,(H,29,33)/t15-,20?/m1/s1. The molecule has 0 radical (unpaired) electrons. The molecule has 35 heavy (non-hydrogen) atoms. The molecule has 7 nitrogen and oxygen atoms in total. The number of nitrogens with one attached hydrogen (secondary N) is 1. The quantitative estimate of drug-likeness (QED) is 0.631. The molecule has 2 heterocycles. The van der Waals surface area contributed by atoms with Gasteiger partial charge in [-0.2, -0.15) is 13.9 Å². The van der Waals surface area contributed by atoms with Crippen LogP contribution in [0.4, 0.5) is 13.2 Å². The normalized spacial score (nSPS) is 19.7. The van der Waals surface area contributed by atoms with E-state index < -0.39 is 18.5 Å². The van der Waals surface area contributed by atoms with Crippen LogP contribution in [0.1, 0.15) is 51.4 Å². The first-order valence-corrected chi connectivity index (χ1v) is 11.7. The van der Waals surface area contributed by atoms with Gasteiger partial charge in [-0.25, -0.2) is 4.39 Å². The van der Waals surface area contributed by atoms with Crippen molar-refractivity contribution in [2.75, 3.05) is 0 Å². The fraction of sp³-hybridized carbons (Fsp3) is 0.480. The molecule has 1 unspecified atom stereocenters. The minimum atomic E-state index is -3.02. The molecule has 2 atom stereocenters. The molecule has 1 N–H and O–H groups in total. The summed E-state index contributed by atoms with van der Waals surface area (Å²) in [4.78, 5) is 27.2. The minimum absolute atomic E-state index is 0.00157. The van der Waals surface area contributed by atoms with E-state index >= 15 is 0 Å². The molecule has 2 amide bonds. The summed E-state index contributed by atoms with van der Waals surface area (Å²) in [5, 5.41) is 7.45. The number of carbonyl (C=O) groups is 2. The Bertz CT molecular complexity index is 1160. The van der Waals surface area contributed by atoms with Gasteiger partial charge in [0.25, 0.3) is 5.91 Å². The third kappa shape index (κ3) is 4.92. The van der Waals surface area contributed by atoms with E-state index in [0.717, 1.165) is 23.4 Å². The summed E-state index contributed by atoms with van der Waals surface area (Å²) in [6.07, 6.45) is 4.70. The van der Waals surface area contributed by atoms with Crippen molar-refractivity contribution in [2.45, 2.75) is 71.7 Å². The van der Waals surface area contributed by atoms with E-state index in [0.29, 0.717) is 25.0 Å². The number of aromatic nitrogens is 2. The number of carbonyl (C=O) groups excluding carboxylic acids is 2. The molecule has 0 saturated carbocycles. The van der Waals surface area contributed by atoms with E-state index in [1.165, 1.54) is 6.07 Å². The summed E-state index contributed by atoms with van der Waals surface area (Å²) < 4.78 is 46.3. The van der Waals surface area contributed by atoms with Crippen molar-refractivity contribution in [1.82, 2.24) is 20.0 Å². The molecule has 0 fully saturated rings. The first-order chi connectivity index (χ1) is 16.6. The second kappa shape index (κ2) is 9.75. The fourth-order valence-electron chi connectivity index (χ4n) is 4.67.